The molecule has 5 heteroatoms. The largest absolute Gasteiger partial charge is 0.486 e. The Morgan fingerprint density at radius 3 is 2.96 bits per heavy atom. The van der Waals surface area contributed by atoms with Gasteiger partial charge in [-0.2, -0.15) is 0 Å². The molecule has 4 atom stereocenters. The van der Waals surface area contributed by atoms with Gasteiger partial charge in [0.1, 0.15) is 7.11 Å². The van der Waals surface area contributed by atoms with Crippen LogP contribution in [0.3, 0.4) is 0 Å². The quantitative estimate of drug-likeness (QED) is 0.900. The van der Waals surface area contributed by atoms with Gasteiger partial charge in [-0.15, -0.1) is 0 Å². The predicted octanol–water partition coefficient (Wildman–Crippen LogP) is 1.99. The van der Waals surface area contributed by atoms with Crippen LogP contribution in [-0.4, -0.2) is 46.6 Å². The van der Waals surface area contributed by atoms with Crippen molar-refractivity contribution < 1.29 is 19.4 Å². The molecule has 2 saturated carbocycles. The normalized spacial score (nSPS) is 40.2. The molecule has 26 heavy (non-hydrogen) atoms. The van der Waals surface area contributed by atoms with E-state index < -0.39 is 17.1 Å². The van der Waals surface area contributed by atoms with E-state index in [0.717, 1.165) is 37.4 Å². The minimum atomic E-state index is -0.906. The van der Waals surface area contributed by atoms with Crippen LogP contribution in [-0.2, 0) is 16.6 Å². The molecule has 0 unspecified atom stereocenters. The number of aliphatic hydroxyl groups is 1. The average molecular weight is 354 g/mol. The highest BCUT2D eigenvalue weighted by molar-refractivity contribution is 5.90. The Labute approximate surface area is 153 Å². The summed E-state index contributed by atoms with van der Waals surface area (Å²) in [6.07, 6.45) is 4.53. The molecule has 1 radical (unpaired) electrons. The van der Waals surface area contributed by atoms with Crippen molar-refractivity contribution >= 4 is 5.78 Å². The van der Waals surface area contributed by atoms with Crippen LogP contribution in [0.1, 0.15) is 43.2 Å². The fourth-order valence-corrected chi connectivity index (χ4v) is 6.37. The number of Topliss-reactive ketones (excluding diaryl/α,β-unsaturated/α-hetero) is 1. The van der Waals surface area contributed by atoms with Gasteiger partial charge < -0.3 is 14.6 Å². The molecule has 0 aromatic heterocycles. The highest BCUT2D eigenvalue weighted by Gasteiger charge is 2.73. The van der Waals surface area contributed by atoms with Gasteiger partial charge in [0.2, 0.25) is 0 Å². The van der Waals surface area contributed by atoms with Crippen molar-refractivity contribution in [2.24, 2.45) is 5.92 Å². The van der Waals surface area contributed by atoms with Crippen molar-refractivity contribution in [3.05, 3.63) is 30.4 Å². The summed E-state index contributed by atoms with van der Waals surface area (Å²) in [4.78, 5) is 15.3. The lowest BCUT2D eigenvalue weighted by Gasteiger charge is -2.62. The van der Waals surface area contributed by atoms with Gasteiger partial charge in [0, 0.05) is 24.6 Å². The number of hydrogen-bond donors (Lipinski definition) is 1. The van der Waals surface area contributed by atoms with Crippen LogP contribution in [0.25, 0.3) is 0 Å². The van der Waals surface area contributed by atoms with Gasteiger partial charge in [0.05, 0.1) is 11.0 Å². The van der Waals surface area contributed by atoms with Gasteiger partial charge in [-0.25, -0.2) is 0 Å². The Hall–Kier alpha value is -1.59. The van der Waals surface area contributed by atoms with Crippen LogP contribution in [0.15, 0.2) is 12.1 Å². The number of piperidine rings is 1. The maximum absolute atomic E-state index is 12.8. The maximum atomic E-state index is 12.8. The van der Waals surface area contributed by atoms with Gasteiger partial charge in [0.15, 0.2) is 23.4 Å². The monoisotopic (exact) mass is 354 g/mol. The van der Waals surface area contributed by atoms with Gasteiger partial charge >= 0.3 is 0 Å². The molecule has 2 heterocycles. The number of carbonyl (C=O) groups excluding carboxylic acids is 1. The molecule has 3 aliphatic carbocycles. The summed E-state index contributed by atoms with van der Waals surface area (Å²) in [5.74, 6) is 2.11. The third-order valence-electron chi connectivity index (χ3n) is 7.70. The van der Waals surface area contributed by atoms with E-state index in [1.165, 1.54) is 18.4 Å². The molecule has 1 saturated heterocycles. The lowest BCUT2D eigenvalue weighted by atomic mass is 9.49. The number of hydrogen-bond acceptors (Lipinski definition) is 5. The Morgan fingerprint density at radius 2 is 2.19 bits per heavy atom. The summed E-state index contributed by atoms with van der Waals surface area (Å²) in [6, 6.07) is 4.05. The van der Waals surface area contributed by atoms with Gasteiger partial charge in [-0.1, -0.05) is 6.07 Å². The van der Waals surface area contributed by atoms with E-state index in [1.807, 2.05) is 6.07 Å². The molecule has 137 valence electrons. The molecular formula is C21H24NO4. The number of ether oxygens (including phenoxy) is 2. The zero-order chi connectivity index (χ0) is 17.7. The minimum Gasteiger partial charge on any atom is -0.486 e. The highest BCUT2D eigenvalue weighted by Crippen LogP contribution is 2.65. The summed E-state index contributed by atoms with van der Waals surface area (Å²) in [5.41, 5.74) is 0.705. The molecule has 3 fully saturated rings. The molecule has 1 aromatic carbocycles. The molecule has 5 nitrogen and oxygen atoms in total. The second-order valence-corrected chi connectivity index (χ2v) is 8.84. The Kier molecular flexibility index (Phi) is 2.86. The second kappa shape index (κ2) is 4.82. The van der Waals surface area contributed by atoms with Crippen LogP contribution in [0.2, 0.25) is 0 Å². The lowest BCUT2D eigenvalue weighted by Crippen LogP contribution is -2.76. The number of nitrogens with zero attached hydrogens (tertiary/aromatic N) is 1. The Bertz CT molecular complexity index is 818. The first kappa shape index (κ1) is 15.5. The second-order valence-electron chi connectivity index (χ2n) is 8.84. The van der Waals surface area contributed by atoms with E-state index >= 15 is 0 Å². The molecule has 2 bridgehead atoms. The summed E-state index contributed by atoms with van der Waals surface area (Å²) in [7, 11) is 3.55. The van der Waals surface area contributed by atoms with E-state index in [2.05, 4.69) is 18.1 Å². The van der Waals surface area contributed by atoms with Crippen molar-refractivity contribution in [2.75, 3.05) is 13.1 Å². The predicted molar refractivity (Wildman–Crippen MR) is 94.1 cm³/mol. The zero-order valence-corrected chi connectivity index (χ0v) is 14.9. The first-order chi connectivity index (χ1) is 12.6. The lowest BCUT2D eigenvalue weighted by molar-refractivity contribution is -0.188. The smallest absolute Gasteiger partial charge is 0.174 e. The van der Waals surface area contributed by atoms with Crippen molar-refractivity contribution in [3.63, 3.8) is 0 Å². The highest BCUT2D eigenvalue weighted by atomic mass is 16.5. The van der Waals surface area contributed by atoms with Crippen LogP contribution in [0.4, 0.5) is 0 Å². The molecular weight excluding hydrogens is 330 g/mol. The molecule has 1 aromatic rings. The number of ketones is 1. The average Bonchev–Trinajstić information content (AvgIpc) is 3.37. The Balaban J connectivity index is 1.57. The van der Waals surface area contributed by atoms with Gasteiger partial charge in [-0.3, -0.25) is 9.69 Å². The fourth-order valence-electron chi connectivity index (χ4n) is 6.37. The number of carbonyl (C=O) groups is 1. The zero-order valence-electron chi connectivity index (χ0n) is 14.9. The van der Waals surface area contributed by atoms with Gasteiger partial charge in [-0.05, 0) is 56.2 Å². The molecule has 1 N–H and O–H groups in total. The topological polar surface area (TPSA) is 59.0 Å². The summed E-state index contributed by atoms with van der Waals surface area (Å²) < 4.78 is 11.5. The molecule has 2 aliphatic heterocycles. The van der Waals surface area contributed by atoms with E-state index in [1.54, 1.807) is 0 Å². The first-order valence-electron chi connectivity index (χ1n) is 9.82. The number of rotatable bonds is 3. The van der Waals surface area contributed by atoms with E-state index in [9.17, 15) is 9.90 Å². The standard InChI is InChI=1S/C21H24NO4/c1-25-15-5-4-13-10-16-21(24)7-6-14(23)19-20(21,17(13)18(15)26-19)8-9-22(16)11-12-2-3-12/h4-5,12,16,19,24H,1-3,6-11H2/t16-,19+,20-,21+/m0/s1. The van der Waals surface area contributed by atoms with Crippen molar-refractivity contribution in [2.45, 2.75) is 61.7 Å². The van der Waals surface area contributed by atoms with Crippen molar-refractivity contribution in [1.29, 1.82) is 0 Å². The fraction of sp³-hybridized carbons (Fsp3) is 0.619. The van der Waals surface area contributed by atoms with Crippen molar-refractivity contribution in [3.8, 4) is 11.5 Å². The molecule has 6 rings (SSSR count). The first-order valence-corrected chi connectivity index (χ1v) is 9.82. The Morgan fingerprint density at radius 1 is 1.35 bits per heavy atom. The summed E-state index contributed by atoms with van der Waals surface area (Å²) in [5, 5.41) is 12.1. The molecule has 0 amide bonds. The number of likely N-dealkylation sites (tertiary alicyclic amines) is 1. The third kappa shape index (κ3) is 1.63. The van der Waals surface area contributed by atoms with E-state index in [0.29, 0.717) is 24.3 Å². The van der Waals surface area contributed by atoms with E-state index in [-0.39, 0.29) is 11.8 Å². The molecule has 5 aliphatic rings. The van der Waals surface area contributed by atoms with Crippen LogP contribution < -0.4 is 9.47 Å². The van der Waals surface area contributed by atoms with Crippen LogP contribution >= 0.6 is 0 Å². The number of benzene rings is 1. The molecule has 1 spiro atoms. The van der Waals surface area contributed by atoms with Crippen LogP contribution in [0.5, 0.6) is 11.5 Å². The summed E-state index contributed by atoms with van der Waals surface area (Å²) in [6.45, 7) is 2.00. The van der Waals surface area contributed by atoms with E-state index in [4.69, 9.17) is 9.47 Å². The van der Waals surface area contributed by atoms with Crippen LogP contribution in [0, 0.1) is 13.0 Å². The third-order valence-corrected chi connectivity index (χ3v) is 7.70. The van der Waals surface area contributed by atoms with Crippen molar-refractivity contribution in [1.82, 2.24) is 4.90 Å². The maximum Gasteiger partial charge on any atom is 0.174 e. The minimum absolute atomic E-state index is 0.0704. The summed E-state index contributed by atoms with van der Waals surface area (Å²) >= 11 is 0. The van der Waals surface area contributed by atoms with Gasteiger partial charge in [0.25, 0.3) is 0 Å². The SMILES string of the molecule is [CH2]Oc1ccc2c3c1O[C@@H]1C(=O)CC[C@@]4(O)[C@H](C2)N(CC2CC2)CC[C@]314.